The molecule has 0 aromatic carbocycles. The Bertz CT molecular complexity index is 488. The molecule has 1 rings (SSSR count). The molecule has 0 aliphatic heterocycles. The van der Waals surface area contributed by atoms with Gasteiger partial charge in [0, 0.05) is 12.7 Å². The molecule has 9 heteroatoms. The summed E-state index contributed by atoms with van der Waals surface area (Å²) in [6, 6.07) is 0.571. The zero-order valence-electron chi connectivity index (χ0n) is 10.1. The number of nitrogens with one attached hydrogen (secondary N) is 1. The minimum Gasteiger partial charge on any atom is -0.480 e. The Morgan fingerprint density at radius 1 is 1.40 bits per heavy atom. The van der Waals surface area contributed by atoms with Crippen molar-refractivity contribution in [3.8, 4) is 0 Å². The Morgan fingerprint density at radius 3 is 2.50 bits per heavy atom. The molecular weight excluding hydrogens is 279 g/mol. The third-order valence-electron chi connectivity index (χ3n) is 2.37. The minimum atomic E-state index is -4.57. The SMILES string of the molecule is N[C@@H](CCNC(=O)c1ccc(C(F)(F)F)nc1)C(=O)O. The zero-order chi connectivity index (χ0) is 15.3. The van der Waals surface area contributed by atoms with Gasteiger partial charge in [-0.1, -0.05) is 0 Å². The van der Waals surface area contributed by atoms with Crippen molar-refractivity contribution in [2.75, 3.05) is 6.54 Å². The van der Waals surface area contributed by atoms with Crippen molar-refractivity contribution >= 4 is 11.9 Å². The fourth-order valence-corrected chi connectivity index (χ4v) is 1.26. The van der Waals surface area contributed by atoms with Gasteiger partial charge < -0.3 is 16.2 Å². The van der Waals surface area contributed by atoms with E-state index in [0.717, 1.165) is 12.3 Å². The third-order valence-corrected chi connectivity index (χ3v) is 2.37. The second-order valence-corrected chi connectivity index (χ2v) is 3.92. The molecule has 0 saturated carbocycles. The fourth-order valence-electron chi connectivity index (χ4n) is 1.26. The van der Waals surface area contributed by atoms with Gasteiger partial charge in [-0.05, 0) is 18.6 Å². The van der Waals surface area contributed by atoms with Crippen molar-refractivity contribution in [1.82, 2.24) is 10.3 Å². The van der Waals surface area contributed by atoms with E-state index < -0.39 is 29.8 Å². The van der Waals surface area contributed by atoms with E-state index in [0.29, 0.717) is 6.07 Å². The Balaban J connectivity index is 2.54. The molecule has 0 spiro atoms. The first-order chi connectivity index (χ1) is 9.21. The van der Waals surface area contributed by atoms with Crippen LogP contribution in [0.15, 0.2) is 18.3 Å². The summed E-state index contributed by atoms with van der Waals surface area (Å²) in [4.78, 5) is 25.1. The highest BCUT2D eigenvalue weighted by Crippen LogP contribution is 2.27. The predicted octanol–water partition coefficient (Wildman–Crippen LogP) is 0.632. The number of nitrogens with two attached hydrogens (primary N) is 1. The first-order valence-electron chi connectivity index (χ1n) is 5.51. The molecule has 1 amide bonds. The van der Waals surface area contributed by atoms with Crippen LogP contribution in [0.1, 0.15) is 22.5 Å². The molecule has 6 nitrogen and oxygen atoms in total. The number of rotatable bonds is 5. The van der Waals surface area contributed by atoms with Gasteiger partial charge in [-0.2, -0.15) is 13.2 Å². The predicted molar refractivity (Wildman–Crippen MR) is 61.8 cm³/mol. The normalized spacial score (nSPS) is 12.8. The van der Waals surface area contributed by atoms with Crippen molar-refractivity contribution in [2.45, 2.75) is 18.6 Å². The number of halogens is 3. The third kappa shape index (κ3) is 4.50. The molecule has 110 valence electrons. The second kappa shape index (κ2) is 6.33. The van der Waals surface area contributed by atoms with Crippen LogP contribution >= 0.6 is 0 Å². The lowest BCUT2D eigenvalue weighted by molar-refractivity contribution is -0.141. The quantitative estimate of drug-likeness (QED) is 0.738. The molecule has 0 radical (unpaired) electrons. The number of alkyl halides is 3. The van der Waals surface area contributed by atoms with Gasteiger partial charge in [0.15, 0.2) is 0 Å². The number of carboxylic acid groups (broad SMARTS) is 1. The molecule has 0 fully saturated rings. The standard InChI is InChI=1S/C11H12F3N3O3/c12-11(13,14)8-2-1-6(5-17-8)9(18)16-4-3-7(15)10(19)20/h1-2,5,7H,3-4,15H2,(H,16,18)(H,19,20)/t7-/m0/s1. The van der Waals surface area contributed by atoms with Crippen LogP contribution in [0.3, 0.4) is 0 Å². The number of pyridine rings is 1. The van der Waals surface area contributed by atoms with Crippen molar-refractivity contribution in [3.05, 3.63) is 29.6 Å². The summed E-state index contributed by atoms with van der Waals surface area (Å²) < 4.78 is 36.8. The van der Waals surface area contributed by atoms with E-state index in [2.05, 4.69) is 10.3 Å². The van der Waals surface area contributed by atoms with Crippen LogP contribution < -0.4 is 11.1 Å². The highest BCUT2D eigenvalue weighted by molar-refractivity contribution is 5.93. The van der Waals surface area contributed by atoms with E-state index in [4.69, 9.17) is 10.8 Å². The topological polar surface area (TPSA) is 105 Å². The summed E-state index contributed by atoms with van der Waals surface area (Å²) in [7, 11) is 0. The molecule has 1 aromatic rings. The smallest absolute Gasteiger partial charge is 0.433 e. The highest BCUT2D eigenvalue weighted by atomic mass is 19.4. The van der Waals surface area contributed by atoms with Crippen LogP contribution in [0, 0.1) is 0 Å². The van der Waals surface area contributed by atoms with Crippen molar-refractivity contribution in [1.29, 1.82) is 0 Å². The number of carbonyl (C=O) groups is 2. The number of carboxylic acids is 1. The fraction of sp³-hybridized carbons (Fsp3) is 0.364. The lowest BCUT2D eigenvalue weighted by Crippen LogP contribution is -2.35. The maximum absolute atomic E-state index is 12.3. The van der Waals surface area contributed by atoms with Gasteiger partial charge in [-0.3, -0.25) is 14.6 Å². The average Bonchev–Trinajstić information content (AvgIpc) is 2.37. The molecule has 4 N–H and O–H groups in total. The number of aliphatic carboxylic acids is 1. The Hall–Kier alpha value is -2.16. The van der Waals surface area contributed by atoms with Gasteiger partial charge in [0.25, 0.3) is 5.91 Å². The number of hydrogen-bond donors (Lipinski definition) is 3. The van der Waals surface area contributed by atoms with Gasteiger partial charge in [0.2, 0.25) is 0 Å². The maximum atomic E-state index is 12.3. The number of hydrogen-bond acceptors (Lipinski definition) is 4. The average molecular weight is 291 g/mol. The van der Waals surface area contributed by atoms with E-state index in [-0.39, 0.29) is 18.5 Å². The van der Waals surface area contributed by atoms with Gasteiger partial charge in [0.1, 0.15) is 11.7 Å². The van der Waals surface area contributed by atoms with Crippen LogP contribution in [0.25, 0.3) is 0 Å². The first kappa shape index (κ1) is 15.9. The molecule has 0 bridgehead atoms. The molecule has 20 heavy (non-hydrogen) atoms. The van der Waals surface area contributed by atoms with E-state index in [1.165, 1.54) is 0 Å². The lowest BCUT2D eigenvalue weighted by atomic mass is 10.2. The van der Waals surface area contributed by atoms with Crippen molar-refractivity contribution in [3.63, 3.8) is 0 Å². The van der Waals surface area contributed by atoms with Crippen LogP contribution in [-0.4, -0.2) is 34.6 Å². The van der Waals surface area contributed by atoms with Crippen LogP contribution in [0.4, 0.5) is 13.2 Å². The van der Waals surface area contributed by atoms with Gasteiger partial charge in [-0.25, -0.2) is 0 Å². The number of nitrogens with zero attached hydrogens (tertiary/aromatic N) is 1. The lowest BCUT2D eigenvalue weighted by Gasteiger charge is -2.09. The number of aromatic nitrogens is 1. The Morgan fingerprint density at radius 2 is 2.05 bits per heavy atom. The highest BCUT2D eigenvalue weighted by Gasteiger charge is 2.32. The zero-order valence-corrected chi connectivity index (χ0v) is 10.1. The van der Waals surface area contributed by atoms with E-state index in [1.54, 1.807) is 0 Å². The molecule has 1 atom stereocenters. The molecule has 0 aliphatic rings. The minimum absolute atomic E-state index is 0.00662. The first-order valence-corrected chi connectivity index (χ1v) is 5.51. The molecule has 1 heterocycles. The molecular formula is C11H12F3N3O3. The van der Waals surface area contributed by atoms with Crippen LogP contribution in [0.2, 0.25) is 0 Å². The van der Waals surface area contributed by atoms with Gasteiger partial charge >= 0.3 is 12.1 Å². The van der Waals surface area contributed by atoms with E-state index >= 15 is 0 Å². The Kier molecular flexibility index (Phi) is 5.03. The summed E-state index contributed by atoms with van der Waals surface area (Å²) in [6.45, 7) is -0.00662. The van der Waals surface area contributed by atoms with Gasteiger partial charge in [-0.15, -0.1) is 0 Å². The monoisotopic (exact) mass is 291 g/mol. The molecule has 0 unspecified atom stereocenters. The molecule has 0 saturated heterocycles. The summed E-state index contributed by atoms with van der Waals surface area (Å²) >= 11 is 0. The second-order valence-electron chi connectivity index (χ2n) is 3.92. The number of carbonyl (C=O) groups excluding carboxylic acids is 1. The van der Waals surface area contributed by atoms with Gasteiger partial charge in [0.05, 0.1) is 5.56 Å². The number of amides is 1. The summed E-state index contributed by atoms with van der Waals surface area (Å²) in [5.74, 6) is -1.85. The summed E-state index contributed by atoms with van der Waals surface area (Å²) in [5.41, 5.74) is 4.07. The molecule has 1 aromatic heterocycles. The van der Waals surface area contributed by atoms with Crippen molar-refractivity contribution in [2.24, 2.45) is 5.73 Å². The largest absolute Gasteiger partial charge is 0.480 e. The Labute approximate surface area is 111 Å². The van der Waals surface area contributed by atoms with Crippen LogP contribution in [0.5, 0.6) is 0 Å². The summed E-state index contributed by atoms with van der Waals surface area (Å²) in [6.07, 6.45) is -3.76. The molecule has 0 aliphatic carbocycles. The van der Waals surface area contributed by atoms with Crippen molar-refractivity contribution < 1.29 is 27.9 Å². The maximum Gasteiger partial charge on any atom is 0.433 e. The van der Waals surface area contributed by atoms with E-state index in [9.17, 15) is 22.8 Å². The van der Waals surface area contributed by atoms with Crippen LogP contribution in [-0.2, 0) is 11.0 Å². The van der Waals surface area contributed by atoms with E-state index in [1.807, 2.05) is 0 Å². The summed E-state index contributed by atoms with van der Waals surface area (Å²) in [5, 5.41) is 10.9.